The zero-order valence-corrected chi connectivity index (χ0v) is 13.8. The van der Waals surface area contributed by atoms with Gasteiger partial charge in [-0.25, -0.2) is 0 Å². The van der Waals surface area contributed by atoms with Gasteiger partial charge in [0.2, 0.25) is 0 Å². The maximum Gasteiger partial charge on any atom is 0.297 e. The zero-order valence-electron chi connectivity index (χ0n) is 13.0. The quantitative estimate of drug-likeness (QED) is 0.610. The summed E-state index contributed by atoms with van der Waals surface area (Å²) in [5, 5.41) is 0. The number of Topliss-reactive ketones (excluding diaryl/α,β-unsaturated/α-hetero) is 1. The van der Waals surface area contributed by atoms with Crippen LogP contribution in [0, 0.1) is 6.92 Å². The smallest absolute Gasteiger partial charge is 0.297 e. The lowest BCUT2D eigenvalue weighted by Crippen LogP contribution is -2.17. The molecule has 0 fully saturated rings. The first-order valence-electron chi connectivity index (χ1n) is 7.35. The highest BCUT2D eigenvalue weighted by Crippen LogP contribution is 2.30. The van der Waals surface area contributed by atoms with E-state index in [2.05, 4.69) is 0 Å². The lowest BCUT2D eigenvalue weighted by atomic mass is 10.1. The van der Waals surface area contributed by atoms with Gasteiger partial charge < -0.3 is 9.47 Å². The first kappa shape index (κ1) is 16.5. The predicted octanol–water partition coefficient (Wildman–Crippen LogP) is 2.35. The minimum absolute atomic E-state index is 0.0167. The van der Waals surface area contributed by atoms with Gasteiger partial charge in [-0.1, -0.05) is 17.7 Å². The van der Waals surface area contributed by atoms with E-state index in [1.54, 1.807) is 24.3 Å². The van der Waals surface area contributed by atoms with Crippen molar-refractivity contribution in [3.05, 3.63) is 53.6 Å². The van der Waals surface area contributed by atoms with E-state index in [4.69, 9.17) is 13.7 Å². The molecular weight excluding hydrogens is 332 g/mol. The Bertz CT molecular complexity index is 855. The molecule has 0 bridgehead atoms. The monoisotopic (exact) mass is 348 g/mol. The molecule has 2 aromatic rings. The molecule has 0 atom stereocenters. The minimum Gasteiger partial charge on any atom is -0.486 e. The first-order valence-corrected chi connectivity index (χ1v) is 8.75. The molecule has 0 spiro atoms. The molecule has 24 heavy (non-hydrogen) atoms. The van der Waals surface area contributed by atoms with Gasteiger partial charge in [-0.15, -0.1) is 0 Å². The summed E-state index contributed by atoms with van der Waals surface area (Å²) in [7, 11) is -3.97. The van der Waals surface area contributed by atoms with E-state index in [9.17, 15) is 13.2 Å². The van der Waals surface area contributed by atoms with Gasteiger partial charge in [0.1, 0.15) is 19.8 Å². The number of hydrogen-bond donors (Lipinski definition) is 0. The average molecular weight is 348 g/mol. The van der Waals surface area contributed by atoms with Crippen molar-refractivity contribution in [3.8, 4) is 11.5 Å². The third-order valence-electron chi connectivity index (χ3n) is 3.52. The first-order chi connectivity index (χ1) is 11.5. The largest absolute Gasteiger partial charge is 0.486 e. The normalized spacial score (nSPS) is 13.5. The molecule has 0 N–H and O–H groups in total. The van der Waals surface area contributed by atoms with Gasteiger partial charge in [0.15, 0.2) is 17.3 Å². The van der Waals surface area contributed by atoms with Crippen LogP contribution in [-0.4, -0.2) is 34.0 Å². The highest BCUT2D eigenvalue weighted by atomic mass is 32.2. The van der Waals surface area contributed by atoms with E-state index in [0.29, 0.717) is 30.3 Å². The standard InChI is InChI=1S/C17H16O6S/c1-12-2-5-14(6-3-12)24(19,20)23-11-15(18)13-4-7-16-17(10-13)22-9-8-21-16/h2-7,10H,8-9,11H2,1H3. The van der Waals surface area contributed by atoms with Crippen LogP contribution in [0.25, 0.3) is 0 Å². The number of benzene rings is 2. The van der Waals surface area contributed by atoms with Crippen molar-refractivity contribution in [1.82, 2.24) is 0 Å². The van der Waals surface area contributed by atoms with Crippen molar-refractivity contribution in [3.63, 3.8) is 0 Å². The van der Waals surface area contributed by atoms with Crippen molar-refractivity contribution in [2.24, 2.45) is 0 Å². The number of aryl methyl sites for hydroxylation is 1. The van der Waals surface area contributed by atoms with Crippen molar-refractivity contribution in [2.75, 3.05) is 19.8 Å². The SMILES string of the molecule is Cc1ccc(S(=O)(=O)OCC(=O)c2ccc3c(c2)OCCO3)cc1. The fraction of sp³-hybridized carbons (Fsp3) is 0.235. The van der Waals surface area contributed by atoms with Crippen LogP contribution < -0.4 is 9.47 Å². The third kappa shape index (κ3) is 3.58. The molecule has 2 aromatic carbocycles. The number of carbonyl (C=O) groups is 1. The van der Waals surface area contributed by atoms with Gasteiger partial charge in [0.05, 0.1) is 4.90 Å². The molecule has 0 saturated carbocycles. The van der Waals surface area contributed by atoms with Crippen LogP contribution in [0.1, 0.15) is 15.9 Å². The number of hydrogen-bond acceptors (Lipinski definition) is 6. The molecular formula is C17H16O6S. The van der Waals surface area contributed by atoms with Crippen LogP contribution >= 0.6 is 0 Å². The Balaban J connectivity index is 1.70. The Hall–Kier alpha value is -2.38. The van der Waals surface area contributed by atoms with Crippen molar-refractivity contribution in [2.45, 2.75) is 11.8 Å². The maximum atomic E-state index is 12.2. The Kier molecular flexibility index (Phi) is 4.55. The van der Waals surface area contributed by atoms with Crippen LogP contribution in [0.2, 0.25) is 0 Å². The van der Waals surface area contributed by atoms with Gasteiger partial charge in [-0.05, 0) is 37.3 Å². The molecule has 1 aliphatic rings. The Morgan fingerprint density at radius 3 is 2.42 bits per heavy atom. The number of ketones is 1. The summed E-state index contributed by atoms with van der Waals surface area (Å²) in [6.45, 7) is 2.14. The number of rotatable bonds is 5. The van der Waals surface area contributed by atoms with E-state index < -0.39 is 22.5 Å². The van der Waals surface area contributed by atoms with E-state index in [1.807, 2.05) is 6.92 Å². The summed E-state index contributed by atoms with van der Waals surface area (Å²) in [5.74, 6) is 0.571. The van der Waals surface area contributed by atoms with Crippen molar-refractivity contribution >= 4 is 15.9 Å². The van der Waals surface area contributed by atoms with Crippen LogP contribution in [0.5, 0.6) is 11.5 Å². The van der Waals surface area contributed by atoms with E-state index in [-0.39, 0.29) is 4.90 Å². The Labute approximate surface area is 140 Å². The third-order valence-corrected chi connectivity index (χ3v) is 4.80. The van der Waals surface area contributed by atoms with Gasteiger partial charge in [0.25, 0.3) is 10.1 Å². The average Bonchev–Trinajstić information content (AvgIpc) is 2.59. The summed E-state index contributed by atoms with van der Waals surface area (Å²) >= 11 is 0. The number of carbonyl (C=O) groups excluding carboxylic acids is 1. The van der Waals surface area contributed by atoms with E-state index in [1.165, 1.54) is 18.2 Å². The maximum absolute atomic E-state index is 12.2. The number of fused-ring (bicyclic) bond motifs is 1. The second-order valence-electron chi connectivity index (χ2n) is 5.31. The summed E-state index contributed by atoms with van der Waals surface area (Å²) < 4.78 is 39.8. The molecule has 0 aliphatic carbocycles. The molecule has 1 aliphatic heterocycles. The Morgan fingerprint density at radius 1 is 1.04 bits per heavy atom. The van der Waals surface area contributed by atoms with Gasteiger partial charge in [-0.2, -0.15) is 8.42 Å². The van der Waals surface area contributed by atoms with E-state index in [0.717, 1.165) is 5.56 Å². The molecule has 6 nitrogen and oxygen atoms in total. The molecule has 126 valence electrons. The van der Waals surface area contributed by atoms with E-state index >= 15 is 0 Å². The molecule has 0 radical (unpaired) electrons. The van der Waals surface area contributed by atoms with Gasteiger partial charge in [-0.3, -0.25) is 8.98 Å². The Morgan fingerprint density at radius 2 is 1.71 bits per heavy atom. The molecule has 1 heterocycles. The fourth-order valence-corrected chi connectivity index (χ4v) is 3.07. The second kappa shape index (κ2) is 6.62. The van der Waals surface area contributed by atoms with Crippen LogP contribution in [0.15, 0.2) is 47.4 Å². The predicted molar refractivity (Wildman–Crippen MR) is 86.1 cm³/mol. The van der Waals surface area contributed by atoms with Gasteiger partial charge >= 0.3 is 0 Å². The lowest BCUT2D eigenvalue weighted by Gasteiger charge is -2.18. The molecule has 0 amide bonds. The zero-order chi connectivity index (χ0) is 17.2. The van der Waals surface area contributed by atoms with Crippen molar-refractivity contribution < 1.29 is 26.9 Å². The molecule has 7 heteroatoms. The highest BCUT2D eigenvalue weighted by Gasteiger charge is 2.19. The topological polar surface area (TPSA) is 78.9 Å². The van der Waals surface area contributed by atoms with Crippen LogP contribution in [0.4, 0.5) is 0 Å². The minimum atomic E-state index is -3.97. The molecule has 0 aromatic heterocycles. The molecule has 0 saturated heterocycles. The summed E-state index contributed by atoms with van der Waals surface area (Å²) in [4.78, 5) is 12.2. The van der Waals surface area contributed by atoms with Gasteiger partial charge in [0, 0.05) is 5.56 Å². The summed E-state index contributed by atoms with van der Waals surface area (Å²) in [6, 6.07) is 10.9. The second-order valence-corrected chi connectivity index (χ2v) is 6.93. The summed E-state index contributed by atoms with van der Waals surface area (Å²) in [5.41, 5.74) is 1.24. The highest BCUT2D eigenvalue weighted by molar-refractivity contribution is 7.86. The van der Waals surface area contributed by atoms with Crippen LogP contribution in [0.3, 0.4) is 0 Å². The summed E-state index contributed by atoms with van der Waals surface area (Å²) in [6.07, 6.45) is 0. The molecule has 3 rings (SSSR count). The molecule has 0 unspecified atom stereocenters. The lowest BCUT2D eigenvalue weighted by molar-refractivity contribution is 0.0923. The fourth-order valence-electron chi connectivity index (χ4n) is 2.20. The van der Waals surface area contributed by atoms with Crippen molar-refractivity contribution in [1.29, 1.82) is 0 Å². The number of ether oxygens (including phenoxy) is 2. The van der Waals surface area contributed by atoms with Crippen LogP contribution in [-0.2, 0) is 14.3 Å².